The number of ether oxygens (including phenoxy) is 1. The Kier molecular flexibility index (Phi) is 3.11. The van der Waals surface area contributed by atoms with Crippen molar-refractivity contribution in [3.05, 3.63) is 11.7 Å². The first kappa shape index (κ1) is 13.0. The van der Waals surface area contributed by atoms with Crippen LogP contribution in [0.25, 0.3) is 0 Å². The van der Waals surface area contributed by atoms with Gasteiger partial charge in [-0.1, -0.05) is 5.16 Å². The third-order valence-electron chi connectivity index (χ3n) is 3.80. The van der Waals surface area contributed by atoms with Crippen LogP contribution in [0.1, 0.15) is 30.7 Å². The fourth-order valence-corrected chi connectivity index (χ4v) is 3.66. The minimum Gasteiger partial charge on any atom is -0.363 e. The summed E-state index contributed by atoms with van der Waals surface area (Å²) in [4.78, 5) is 4.18. The predicted octanol–water partition coefficient (Wildman–Crippen LogP) is 0.490. The Morgan fingerprint density at radius 2 is 2.21 bits per heavy atom. The van der Waals surface area contributed by atoms with E-state index in [2.05, 4.69) is 10.1 Å². The Hall–Kier alpha value is -0.990. The monoisotopic (exact) mass is 287 g/mol. The predicted molar refractivity (Wildman–Crippen MR) is 65.8 cm³/mol. The number of aromatic nitrogens is 2. The van der Waals surface area contributed by atoms with Crippen LogP contribution in [-0.2, 0) is 14.8 Å². The molecule has 2 aliphatic heterocycles. The lowest BCUT2D eigenvalue weighted by atomic mass is 9.93. The molecule has 106 valence electrons. The van der Waals surface area contributed by atoms with E-state index in [0.717, 1.165) is 12.8 Å². The summed E-state index contributed by atoms with van der Waals surface area (Å²) in [6, 6.07) is 0. The van der Waals surface area contributed by atoms with Crippen molar-refractivity contribution >= 4 is 10.0 Å². The summed E-state index contributed by atoms with van der Waals surface area (Å²) < 4.78 is 35.6. The molecule has 0 unspecified atom stereocenters. The van der Waals surface area contributed by atoms with Crippen molar-refractivity contribution < 1.29 is 17.7 Å². The molecule has 3 heterocycles. The molecule has 0 spiro atoms. The molecule has 0 N–H and O–H groups in total. The molecule has 1 aromatic rings. The molecule has 0 saturated carbocycles. The number of piperidine rings is 1. The highest BCUT2D eigenvalue weighted by Crippen LogP contribution is 2.40. The van der Waals surface area contributed by atoms with Gasteiger partial charge in [0.1, 0.15) is 6.10 Å². The molecule has 3 atom stereocenters. The molecule has 2 aliphatic rings. The van der Waals surface area contributed by atoms with E-state index in [-0.39, 0.29) is 12.2 Å². The minimum atomic E-state index is -3.14. The number of hydrogen-bond acceptors (Lipinski definition) is 6. The van der Waals surface area contributed by atoms with Crippen molar-refractivity contribution in [3.63, 3.8) is 0 Å². The molecule has 0 radical (unpaired) electrons. The number of nitrogens with zero attached hydrogens (tertiary/aromatic N) is 3. The zero-order valence-corrected chi connectivity index (χ0v) is 11.8. The molecule has 0 aliphatic carbocycles. The van der Waals surface area contributed by atoms with Crippen molar-refractivity contribution in [2.24, 2.45) is 5.92 Å². The highest BCUT2D eigenvalue weighted by atomic mass is 32.2. The summed E-state index contributed by atoms with van der Waals surface area (Å²) >= 11 is 0. The van der Waals surface area contributed by atoms with E-state index < -0.39 is 10.0 Å². The standard InChI is InChI=1S/C11H17N3O4S/c1-7-12-11(18-13-7)9-5-8-3-4-14(19(2,15)16)6-10(8)17-9/h8-10H,3-6H2,1-2H3/t8-,9-,10+/m0/s1. The van der Waals surface area contributed by atoms with Crippen LogP contribution in [0.4, 0.5) is 0 Å². The Morgan fingerprint density at radius 3 is 2.84 bits per heavy atom. The SMILES string of the molecule is Cc1noc([C@@H]2C[C@@H]3CCN(S(C)(=O)=O)C[C@H]3O2)n1. The average Bonchev–Trinajstić information content (AvgIpc) is 2.92. The van der Waals surface area contributed by atoms with E-state index in [9.17, 15) is 8.42 Å². The second kappa shape index (κ2) is 4.53. The molecule has 7 nitrogen and oxygen atoms in total. The van der Waals surface area contributed by atoms with Crippen LogP contribution >= 0.6 is 0 Å². The van der Waals surface area contributed by atoms with Crippen LogP contribution in [0.2, 0.25) is 0 Å². The summed E-state index contributed by atoms with van der Waals surface area (Å²) in [5, 5.41) is 3.76. The second-order valence-corrected chi connectivity index (χ2v) is 7.23. The van der Waals surface area contributed by atoms with Crippen LogP contribution in [-0.4, -0.2) is 48.3 Å². The van der Waals surface area contributed by atoms with Crippen LogP contribution in [0.15, 0.2) is 4.52 Å². The van der Waals surface area contributed by atoms with Crippen LogP contribution in [0.5, 0.6) is 0 Å². The zero-order valence-electron chi connectivity index (χ0n) is 10.9. The number of aryl methyl sites for hydroxylation is 1. The molecule has 1 aromatic heterocycles. The van der Waals surface area contributed by atoms with E-state index in [0.29, 0.717) is 30.7 Å². The minimum absolute atomic E-state index is 0.0688. The van der Waals surface area contributed by atoms with Gasteiger partial charge in [0.25, 0.3) is 5.89 Å². The first-order valence-corrected chi connectivity index (χ1v) is 8.19. The van der Waals surface area contributed by atoms with Crippen molar-refractivity contribution in [1.82, 2.24) is 14.4 Å². The highest BCUT2D eigenvalue weighted by Gasteiger charge is 2.43. The van der Waals surface area contributed by atoms with E-state index in [4.69, 9.17) is 9.26 Å². The molecule has 0 bridgehead atoms. The fraction of sp³-hybridized carbons (Fsp3) is 0.818. The lowest BCUT2D eigenvalue weighted by Crippen LogP contribution is -2.44. The van der Waals surface area contributed by atoms with Crippen molar-refractivity contribution in [3.8, 4) is 0 Å². The van der Waals surface area contributed by atoms with Crippen LogP contribution < -0.4 is 0 Å². The summed E-state index contributed by atoms with van der Waals surface area (Å²) in [6.07, 6.45) is 2.61. The Bertz CT molecular complexity index is 570. The number of sulfonamides is 1. The number of fused-ring (bicyclic) bond motifs is 1. The maximum Gasteiger partial charge on any atom is 0.255 e. The lowest BCUT2D eigenvalue weighted by molar-refractivity contribution is -0.00193. The smallest absolute Gasteiger partial charge is 0.255 e. The molecule has 19 heavy (non-hydrogen) atoms. The highest BCUT2D eigenvalue weighted by molar-refractivity contribution is 7.88. The normalized spacial score (nSPS) is 32.4. The summed E-state index contributed by atoms with van der Waals surface area (Å²) in [6.45, 7) is 2.76. The fourth-order valence-electron chi connectivity index (χ4n) is 2.81. The quantitative estimate of drug-likeness (QED) is 0.787. The van der Waals surface area contributed by atoms with E-state index in [1.54, 1.807) is 6.92 Å². The molecule has 2 saturated heterocycles. The maximum atomic E-state index is 11.6. The van der Waals surface area contributed by atoms with Gasteiger partial charge in [0, 0.05) is 13.1 Å². The van der Waals surface area contributed by atoms with Crippen LogP contribution in [0, 0.1) is 12.8 Å². The zero-order chi connectivity index (χ0) is 13.6. The van der Waals surface area contributed by atoms with E-state index in [1.807, 2.05) is 0 Å². The molecule has 3 rings (SSSR count). The molecule has 0 aromatic carbocycles. The first-order valence-electron chi connectivity index (χ1n) is 6.34. The average molecular weight is 287 g/mol. The second-order valence-electron chi connectivity index (χ2n) is 5.25. The Morgan fingerprint density at radius 1 is 1.42 bits per heavy atom. The number of rotatable bonds is 2. The topological polar surface area (TPSA) is 85.5 Å². The summed E-state index contributed by atoms with van der Waals surface area (Å²) in [5.41, 5.74) is 0. The largest absolute Gasteiger partial charge is 0.363 e. The first-order chi connectivity index (χ1) is 8.93. The van der Waals surface area contributed by atoms with Gasteiger partial charge in [-0.3, -0.25) is 0 Å². The molecule has 2 fully saturated rings. The number of hydrogen-bond donors (Lipinski definition) is 0. The van der Waals surface area contributed by atoms with Gasteiger partial charge >= 0.3 is 0 Å². The van der Waals surface area contributed by atoms with Gasteiger partial charge in [-0.15, -0.1) is 0 Å². The van der Waals surface area contributed by atoms with Crippen molar-refractivity contribution in [2.45, 2.75) is 32.0 Å². The van der Waals surface area contributed by atoms with E-state index in [1.165, 1.54) is 10.6 Å². The van der Waals surface area contributed by atoms with Gasteiger partial charge in [0.05, 0.1) is 12.4 Å². The van der Waals surface area contributed by atoms with Gasteiger partial charge in [0.2, 0.25) is 10.0 Å². The Labute approximate surface area is 112 Å². The van der Waals surface area contributed by atoms with Gasteiger partial charge < -0.3 is 9.26 Å². The van der Waals surface area contributed by atoms with Gasteiger partial charge in [-0.05, 0) is 25.7 Å². The van der Waals surface area contributed by atoms with Gasteiger partial charge in [0.15, 0.2) is 5.82 Å². The molecular weight excluding hydrogens is 270 g/mol. The summed E-state index contributed by atoms with van der Waals surface area (Å²) in [7, 11) is -3.14. The van der Waals surface area contributed by atoms with Gasteiger partial charge in [-0.25, -0.2) is 8.42 Å². The maximum absolute atomic E-state index is 11.6. The third kappa shape index (κ3) is 2.52. The van der Waals surface area contributed by atoms with Crippen LogP contribution in [0.3, 0.4) is 0 Å². The Balaban J connectivity index is 1.71. The van der Waals surface area contributed by atoms with Gasteiger partial charge in [-0.2, -0.15) is 9.29 Å². The lowest BCUT2D eigenvalue weighted by Gasteiger charge is -2.32. The third-order valence-corrected chi connectivity index (χ3v) is 5.07. The molecule has 0 amide bonds. The van der Waals surface area contributed by atoms with Crippen molar-refractivity contribution in [2.75, 3.05) is 19.3 Å². The van der Waals surface area contributed by atoms with E-state index >= 15 is 0 Å². The van der Waals surface area contributed by atoms with Crippen molar-refractivity contribution in [1.29, 1.82) is 0 Å². The molecular formula is C11H17N3O4S. The summed E-state index contributed by atoms with van der Waals surface area (Å²) in [5.74, 6) is 1.46. The molecule has 8 heteroatoms.